The number of carbonyl (C=O) groups is 8. The predicted octanol–water partition coefficient (Wildman–Crippen LogP) is 20.7. The van der Waals surface area contributed by atoms with Gasteiger partial charge in [-0.2, -0.15) is 0 Å². The number of aliphatic imine (C=N–C) groups is 5. The number of benzene rings is 5. The molecule has 9 atom stereocenters. The second kappa shape index (κ2) is 49.9. The molecule has 13 aliphatic rings. The van der Waals surface area contributed by atoms with Crippen molar-refractivity contribution in [3.63, 3.8) is 0 Å². The summed E-state index contributed by atoms with van der Waals surface area (Å²) >= 11 is 12.1. The Kier molecular flexibility index (Phi) is 37.8. The van der Waals surface area contributed by atoms with Crippen molar-refractivity contribution in [1.82, 2.24) is 39.6 Å². The lowest BCUT2D eigenvalue weighted by atomic mass is 9.75. The molecule has 8 amide bonds. The number of rotatable bonds is 33. The van der Waals surface area contributed by atoms with Crippen molar-refractivity contribution < 1.29 is 43.1 Å². The molecule has 27 nitrogen and oxygen atoms in total. The third-order valence-corrected chi connectivity index (χ3v) is 34.4. The van der Waals surface area contributed by atoms with Crippen LogP contribution in [0.5, 0.6) is 5.75 Å². The van der Waals surface area contributed by atoms with Crippen molar-refractivity contribution in [1.29, 1.82) is 0 Å². The summed E-state index contributed by atoms with van der Waals surface area (Å²) in [5.41, 5.74) is 33.7. The van der Waals surface area contributed by atoms with Crippen molar-refractivity contribution >= 4 is 100 Å². The zero-order valence-electron chi connectivity index (χ0n) is 87.5. The van der Waals surface area contributed by atoms with Gasteiger partial charge in [0.1, 0.15) is 28.1 Å². The first-order chi connectivity index (χ1) is 69.1. The van der Waals surface area contributed by atoms with E-state index in [1.807, 2.05) is 94.7 Å². The highest BCUT2D eigenvalue weighted by atomic mass is 35.5. The highest BCUT2D eigenvalue weighted by Crippen LogP contribution is 2.48. The number of ketones is 1. The van der Waals surface area contributed by atoms with E-state index in [0.717, 1.165) is 203 Å². The van der Waals surface area contributed by atoms with Gasteiger partial charge in [0.25, 0.3) is 29.5 Å². The number of nitrogens with two attached hydrogens (primary N) is 5. The monoisotopic (exact) mass is 2010 g/mol. The van der Waals surface area contributed by atoms with Crippen molar-refractivity contribution in [3.8, 4) is 28.0 Å². The largest absolute Gasteiger partial charge is 0.497 e. The van der Waals surface area contributed by atoms with Crippen LogP contribution >= 0.6 is 23.2 Å². The predicted molar refractivity (Wildman–Crippen MR) is 576 cm³/mol. The average molecular weight is 2010 g/mol. The summed E-state index contributed by atoms with van der Waals surface area (Å²) in [7, 11) is 8.39. The summed E-state index contributed by atoms with van der Waals surface area (Å²) in [6.07, 6.45) is 49.7. The van der Waals surface area contributed by atoms with Crippen LogP contribution in [0.25, 0.3) is 22.3 Å². The summed E-state index contributed by atoms with van der Waals surface area (Å²) in [5.74, 6) is 7.36. The summed E-state index contributed by atoms with van der Waals surface area (Å²) in [5, 5.41) is 4.23. The van der Waals surface area contributed by atoms with E-state index in [9.17, 15) is 38.4 Å². The van der Waals surface area contributed by atoms with Crippen LogP contribution in [0.2, 0.25) is 10.0 Å². The van der Waals surface area contributed by atoms with E-state index in [-0.39, 0.29) is 59.4 Å². The van der Waals surface area contributed by atoms with Gasteiger partial charge in [0.2, 0.25) is 5.91 Å². The van der Waals surface area contributed by atoms with E-state index < -0.39 is 27.7 Å². The first-order valence-electron chi connectivity index (χ1n) is 54.6. The number of likely N-dealkylation sites (tertiary alicyclic amines) is 1. The molecule has 6 saturated carbocycles. The molecule has 0 bridgehead atoms. The van der Waals surface area contributed by atoms with Gasteiger partial charge >= 0.3 is 6.03 Å². The minimum atomic E-state index is -1.02. The maximum Gasteiger partial charge on any atom is 0.318 e. The molecule has 5 aromatic carbocycles. The lowest BCUT2D eigenvalue weighted by Crippen LogP contribution is -2.45. The van der Waals surface area contributed by atoms with Gasteiger partial charge in [-0.1, -0.05) is 270 Å². The van der Waals surface area contributed by atoms with E-state index >= 15 is 0 Å². The number of urea groups is 1. The number of Topliss-reactive ketones (excluding diaryl/α,β-unsaturated/α-hetero) is 1. The van der Waals surface area contributed by atoms with Crippen molar-refractivity contribution in [2.75, 3.05) is 54.9 Å². The molecule has 2 saturated heterocycles. The standard InChI is InChI=1S/C33H51N5O2.C24H40N4O2.C23H39N3O2.C18H19N3O2.C17H15Cl2N3O/c1-2-3-14-29-24-37(32(40)35-29)22-27-15-17-28(18-16-27)23-38-30(39)33(36-31(38)34,21-26-12-8-5-9-13-26)20-19-25-10-6-4-7-11-25;1-27-22(30)24(26-23(27)25,13-11-18-7-3-2-4-8-18)16-20-12-14-28(17-20)21(29)15-19-9-5-6-10-19;1-3-4-10-20(27)19-12-11-18(15-19)16-23(21(28)26(2)22(24)25-23)14-13-17-8-6-5-7-9-17;1-18(16(22)21(2)17(19)20-18)14-8-4-6-12(10-14)13-7-5-9-15(11-13)23-3;1-17(15(23)22(2)16(20)21-17)12-5-3-4-10(6-12)11-7-13(18)9-14(19)8-11/h15-18,25-26,29H,2-14,19-24H2,1H3,(H2,34,36)(H,35,40);18-20H,2-17H2,1H3,(H2,25,26);17-19H,3-16H2,1-2H3,(H2,24,25);4-11H,1-3H3,(H2,19,20);3-9H,1-2H3,(H2,20,21)/t29-,33+;20-,24+;18-,19?,23-;;/m010../s1. The fourth-order valence-corrected chi connectivity index (χ4v) is 25.6. The summed E-state index contributed by atoms with van der Waals surface area (Å²) in [4.78, 5) is 138. The van der Waals surface area contributed by atoms with Crippen LogP contribution in [0.3, 0.4) is 0 Å². The van der Waals surface area contributed by atoms with Gasteiger partial charge in [-0.05, 0) is 251 Å². The fraction of sp³-hybridized carbons (Fsp3) is 0.626. The molecule has 0 radical (unpaired) electrons. The maximum absolute atomic E-state index is 14.1. The highest BCUT2D eigenvalue weighted by molar-refractivity contribution is 6.35. The first-order valence-corrected chi connectivity index (χ1v) is 55.4. The molecule has 11 N–H and O–H groups in total. The lowest BCUT2D eigenvalue weighted by Gasteiger charge is -2.33. The van der Waals surface area contributed by atoms with Crippen LogP contribution in [0.1, 0.15) is 332 Å². The van der Waals surface area contributed by atoms with Gasteiger partial charge in [0.05, 0.1) is 13.7 Å². The first kappa shape index (κ1) is 109. The Labute approximate surface area is 866 Å². The Morgan fingerprint density at radius 2 is 0.847 bits per heavy atom. The van der Waals surface area contributed by atoms with E-state index in [4.69, 9.17) is 71.6 Å². The number of hydrogen-bond donors (Lipinski definition) is 6. The number of halogens is 2. The summed E-state index contributed by atoms with van der Waals surface area (Å²) in [6, 6.07) is 37.1. The van der Waals surface area contributed by atoms with Crippen molar-refractivity contribution in [2.24, 2.45) is 101 Å². The highest BCUT2D eigenvalue weighted by Gasteiger charge is 2.54. The molecule has 18 rings (SSSR count). The van der Waals surface area contributed by atoms with Crippen LogP contribution < -0.4 is 38.7 Å². The third kappa shape index (κ3) is 26.9. The molecular formula is C115H164Cl2N18O9. The number of carbonyl (C=O) groups excluding carboxylic acids is 8. The number of guanidine groups is 5. The van der Waals surface area contributed by atoms with Gasteiger partial charge < -0.3 is 48.5 Å². The second-order valence-corrected chi connectivity index (χ2v) is 45.4. The normalized spacial score (nSPS) is 26.5. The molecule has 7 heterocycles. The van der Waals surface area contributed by atoms with Crippen molar-refractivity contribution in [2.45, 2.75) is 357 Å². The Morgan fingerprint density at radius 3 is 1.32 bits per heavy atom. The molecule has 0 spiro atoms. The Balaban J connectivity index is 0.000000145. The molecule has 6 aliphatic carbocycles. The van der Waals surface area contributed by atoms with Crippen LogP contribution in [-0.4, -0.2) is 189 Å². The molecule has 0 aromatic heterocycles. The van der Waals surface area contributed by atoms with Crippen molar-refractivity contribution in [3.05, 3.63) is 148 Å². The minimum absolute atomic E-state index is 0.0272. The van der Waals surface area contributed by atoms with Gasteiger partial charge in [-0.15, -0.1) is 0 Å². The Hall–Kier alpha value is -10.4. The SMILES string of the molecule is CCCCC(=O)C1CC[C@H](C[C@]2(CCC3CCCCC3)N=C(N)N(C)C2=O)C1.CCCC[C@H]1CN(Cc2ccc(CN3C(=O)[C@@](CCC4CCCCC4)(CC4CCCCC4)N=C3N)cc2)C(=O)N1.CN1C(=O)C(C)(c2cccc(-c3cc(Cl)cc(Cl)c3)c2)N=C1N.CN1C(=O)[C@](CCC2CCCCC2)(C[C@H]2CCN(C(=O)CC3CCCC3)C2)N=C1N.COc1cccc(-c2cccc(C3(C)N=C(N)N(C)C3=O)c2)c1. The average Bonchev–Trinajstić information content (AvgIpc) is 1.64. The number of likely N-dealkylation sites (N-methyl/N-ethyl adjacent to an activating group) is 4. The van der Waals surface area contributed by atoms with Crippen LogP contribution in [0, 0.1) is 47.3 Å². The number of methoxy groups -OCH3 is 1. The molecule has 3 unspecified atom stereocenters. The molecule has 144 heavy (non-hydrogen) atoms. The Morgan fingerprint density at radius 1 is 0.424 bits per heavy atom. The van der Waals surface area contributed by atoms with Gasteiger partial charge in [-0.3, -0.25) is 58.1 Å². The van der Waals surface area contributed by atoms with Gasteiger partial charge in [-0.25, -0.2) is 29.8 Å². The van der Waals surface area contributed by atoms with E-state index in [1.165, 1.54) is 164 Å². The smallest absolute Gasteiger partial charge is 0.318 e. The number of nitrogens with one attached hydrogen (secondary N) is 1. The van der Waals surface area contributed by atoms with Gasteiger partial charge in [0.15, 0.2) is 40.9 Å². The molecular weight excluding hydrogens is 1850 g/mol. The quantitative estimate of drug-likeness (QED) is 0.0227. The molecule has 5 aromatic rings. The van der Waals surface area contributed by atoms with E-state index in [2.05, 4.69) is 53.4 Å². The maximum atomic E-state index is 14.1. The zero-order chi connectivity index (χ0) is 103. The third-order valence-electron chi connectivity index (χ3n) is 34.0. The lowest BCUT2D eigenvalue weighted by molar-refractivity contribution is -0.133. The van der Waals surface area contributed by atoms with Crippen LogP contribution in [-0.2, 0) is 57.7 Å². The minimum Gasteiger partial charge on any atom is -0.497 e. The van der Waals surface area contributed by atoms with E-state index in [0.29, 0.717) is 89.2 Å². The molecule has 7 aliphatic heterocycles. The summed E-state index contributed by atoms with van der Waals surface area (Å²) < 4.78 is 5.27. The number of unbranched alkanes of at least 4 members (excludes halogenated alkanes) is 2. The molecule has 782 valence electrons. The number of ether oxygens (including phenoxy) is 1. The van der Waals surface area contributed by atoms with Gasteiger partial charge in [0, 0.05) is 89.2 Å². The summed E-state index contributed by atoms with van der Waals surface area (Å²) in [6.45, 7) is 11.3. The van der Waals surface area contributed by atoms with Crippen LogP contribution in [0.15, 0.2) is 140 Å². The second-order valence-electron chi connectivity index (χ2n) is 44.5. The molecule has 8 fully saturated rings. The molecule has 29 heteroatoms. The number of amides is 8. The van der Waals surface area contributed by atoms with E-state index in [1.54, 1.807) is 69.9 Å². The zero-order valence-corrected chi connectivity index (χ0v) is 89.0. The number of nitrogens with zero attached hydrogens (tertiary/aromatic N) is 12. The topological polar surface area (TPSA) is 372 Å². The van der Waals surface area contributed by atoms with Crippen LogP contribution in [0.4, 0.5) is 4.79 Å². The fourth-order valence-electron chi connectivity index (χ4n) is 25.1. The Bertz CT molecular complexity index is 5430. The number of hydrogen-bond acceptors (Lipinski definition) is 19.